The lowest BCUT2D eigenvalue weighted by Crippen LogP contribution is -2.38. The highest BCUT2D eigenvalue weighted by Crippen LogP contribution is 2.33. The fourth-order valence-electron chi connectivity index (χ4n) is 2.82. The van der Waals surface area contributed by atoms with Crippen LogP contribution in [0.2, 0.25) is 0 Å². The van der Waals surface area contributed by atoms with Gasteiger partial charge >= 0.3 is 6.03 Å². The van der Waals surface area contributed by atoms with Crippen LogP contribution in [-0.4, -0.2) is 23.4 Å². The zero-order valence-corrected chi connectivity index (χ0v) is 13.0. The Bertz CT molecular complexity index is 726. The molecule has 0 spiro atoms. The Balaban J connectivity index is 1.84. The van der Waals surface area contributed by atoms with E-state index in [1.807, 2.05) is 11.8 Å². The molecule has 2 heterocycles. The van der Waals surface area contributed by atoms with Gasteiger partial charge in [0.1, 0.15) is 0 Å². The Morgan fingerprint density at radius 2 is 2.18 bits per heavy atom. The molecule has 3 amide bonds. The van der Waals surface area contributed by atoms with Crippen LogP contribution in [0.25, 0.3) is 0 Å². The van der Waals surface area contributed by atoms with Crippen LogP contribution in [0.4, 0.5) is 10.5 Å². The first kappa shape index (κ1) is 14.6. The van der Waals surface area contributed by atoms with E-state index in [9.17, 15) is 9.59 Å². The number of hydrogen-bond donors (Lipinski definition) is 2. The minimum atomic E-state index is -0.640. The number of thiophene rings is 1. The maximum Gasteiger partial charge on any atom is 0.316 e. The van der Waals surface area contributed by atoms with Crippen molar-refractivity contribution in [1.82, 2.24) is 4.90 Å². The minimum absolute atomic E-state index is 0.0301. The van der Waals surface area contributed by atoms with Crippen molar-refractivity contribution < 1.29 is 9.59 Å². The second-order valence-electron chi connectivity index (χ2n) is 5.29. The molecular formula is C16H17N3O2S. The number of nitrogens with two attached hydrogens (primary N) is 1. The molecule has 2 aromatic rings. The predicted molar refractivity (Wildman–Crippen MR) is 87.1 cm³/mol. The molecule has 0 aliphatic carbocycles. The average Bonchev–Trinajstić information content (AvgIpc) is 2.96. The normalized spacial score (nSPS) is 17.0. The largest absolute Gasteiger partial charge is 0.351 e. The van der Waals surface area contributed by atoms with Crippen molar-refractivity contribution in [2.24, 2.45) is 5.73 Å². The first-order valence-electron chi connectivity index (χ1n) is 7.10. The number of hydrogen-bond acceptors (Lipinski definition) is 3. The molecule has 114 valence electrons. The van der Waals surface area contributed by atoms with Gasteiger partial charge in [0.25, 0.3) is 5.91 Å². The number of amides is 3. The Morgan fingerprint density at radius 3 is 2.95 bits per heavy atom. The number of primary amides is 1. The van der Waals surface area contributed by atoms with E-state index in [4.69, 9.17) is 5.73 Å². The highest BCUT2D eigenvalue weighted by atomic mass is 32.1. The molecule has 0 saturated heterocycles. The summed E-state index contributed by atoms with van der Waals surface area (Å²) in [4.78, 5) is 26.9. The van der Waals surface area contributed by atoms with Crippen molar-refractivity contribution in [2.45, 2.75) is 19.4 Å². The third-order valence-corrected chi connectivity index (χ3v) is 4.91. The number of urea groups is 1. The van der Waals surface area contributed by atoms with E-state index in [0.29, 0.717) is 17.8 Å². The van der Waals surface area contributed by atoms with Crippen LogP contribution in [0, 0.1) is 0 Å². The molecule has 1 aliphatic heterocycles. The molecule has 3 N–H and O–H groups in total. The number of anilines is 1. The van der Waals surface area contributed by atoms with Gasteiger partial charge < -0.3 is 16.0 Å². The molecule has 0 fully saturated rings. The lowest BCUT2D eigenvalue weighted by atomic mass is 10.0. The fourth-order valence-corrected chi connectivity index (χ4v) is 3.79. The maximum atomic E-state index is 12.8. The molecule has 1 atom stereocenters. The predicted octanol–water partition coefficient (Wildman–Crippen LogP) is 3.00. The highest BCUT2D eigenvalue weighted by molar-refractivity contribution is 7.10. The first-order chi connectivity index (χ1) is 10.6. The molecule has 3 rings (SSSR count). The van der Waals surface area contributed by atoms with Crippen LogP contribution in [0.5, 0.6) is 0 Å². The van der Waals surface area contributed by atoms with Gasteiger partial charge in [0, 0.05) is 22.7 Å². The van der Waals surface area contributed by atoms with Crippen LogP contribution in [0.1, 0.15) is 33.8 Å². The second-order valence-corrected chi connectivity index (χ2v) is 6.29. The maximum absolute atomic E-state index is 12.8. The summed E-state index contributed by atoms with van der Waals surface area (Å²) in [6, 6.07) is 8.37. The summed E-state index contributed by atoms with van der Waals surface area (Å²) in [5.74, 6) is -0.0301. The van der Waals surface area contributed by atoms with Crippen LogP contribution in [0.15, 0.2) is 35.7 Å². The van der Waals surface area contributed by atoms with E-state index in [1.165, 1.54) is 10.4 Å². The van der Waals surface area contributed by atoms with Crippen molar-refractivity contribution in [3.05, 3.63) is 51.7 Å². The Labute approximate surface area is 132 Å². The average molecular weight is 315 g/mol. The molecule has 0 radical (unpaired) electrons. The highest BCUT2D eigenvalue weighted by Gasteiger charge is 2.28. The zero-order valence-electron chi connectivity index (χ0n) is 12.2. The molecule has 1 aromatic carbocycles. The lowest BCUT2D eigenvalue weighted by Gasteiger charge is -2.33. The second kappa shape index (κ2) is 5.81. The van der Waals surface area contributed by atoms with Crippen LogP contribution < -0.4 is 11.1 Å². The van der Waals surface area contributed by atoms with E-state index in [1.54, 1.807) is 35.6 Å². The number of nitrogens with one attached hydrogen (secondary N) is 1. The van der Waals surface area contributed by atoms with Crippen molar-refractivity contribution in [3.63, 3.8) is 0 Å². The van der Waals surface area contributed by atoms with Crippen molar-refractivity contribution in [3.8, 4) is 0 Å². The van der Waals surface area contributed by atoms with Gasteiger partial charge in [0.2, 0.25) is 0 Å². The van der Waals surface area contributed by atoms with Crippen molar-refractivity contribution >= 4 is 29.0 Å². The number of fused-ring (bicyclic) bond motifs is 1. The minimum Gasteiger partial charge on any atom is -0.351 e. The van der Waals surface area contributed by atoms with Crippen molar-refractivity contribution in [1.29, 1.82) is 0 Å². The number of carbonyl (C=O) groups is 2. The smallest absolute Gasteiger partial charge is 0.316 e. The molecule has 1 aromatic heterocycles. The lowest BCUT2D eigenvalue weighted by molar-refractivity contribution is 0.0679. The Morgan fingerprint density at radius 1 is 1.36 bits per heavy atom. The monoisotopic (exact) mass is 315 g/mol. The first-order valence-corrected chi connectivity index (χ1v) is 7.98. The molecule has 1 aliphatic rings. The summed E-state index contributed by atoms with van der Waals surface area (Å²) in [7, 11) is 0. The quantitative estimate of drug-likeness (QED) is 0.894. The molecule has 0 unspecified atom stereocenters. The van der Waals surface area contributed by atoms with Gasteiger partial charge in [-0.05, 0) is 48.6 Å². The zero-order chi connectivity index (χ0) is 15.7. The molecule has 6 heteroatoms. The van der Waals surface area contributed by atoms with Crippen molar-refractivity contribution in [2.75, 3.05) is 11.9 Å². The molecule has 0 bridgehead atoms. The number of nitrogens with zero attached hydrogens (tertiary/aromatic N) is 1. The molecule has 0 saturated carbocycles. The molecule has 22 heavy (non-hydrogen) atoms. The van der Waals surface area contributed by atoms with Gasteiger partial charge in [-0.15, -0.1) is 11.3 Å². The summed E-state index contributed by atoms with van der Waals surface area (Å²) >= 11 is 1.75. The van der Waals surface area contributed by atoms with Crippen LogP contribution in [-0.2, 0) is 6.42 Å². The van der Waals surface area contributed by atoms with E-state index in [-0.39, 0.29) is 11.9 Å². The third kappa shape index (κ3) is 2.69. The van der Waals surface area contributed by atoms with Gasteiger partial charge in [0.15, 0.2) is 0 Å². The van der Waals surface area contributed by atoms with E-state index < -0.39 is 6.03 Å². The topological polar surface area (TPSA) is 75.4 Å². The summed E-state index contributed by atoms with van der Waals surface area (Å²) in [5, 5.41) is 4.57. The standard InChI is InChI=1S/C16H17N3O2S/c1-10-13-6-8-22-14(13)5-7-19(10)15(20)11-3-2-4-12(9-11)18-16(17)21/h2-4,6,8-10H,5,7H2,1H3,(H3,17,18,21)/t10-/m0/s1. The summed E-state index contributed by atoms with van der Waals surface area (Å²) in [6.07, 6.45) is 0.891. The molecule has 5 nitrogen and oxygen atoms in total. The molecular weight excluding hydrogens is 298 g/mol. The summed E-state index contributed by atoms with van der Waals surface area (Å²) in [6.45, 7) is 2.76. The van der Waals surface area contributed by atoms with Gasteiger partial charge in [-0.25, -0.2) is 4.79 Å². The van der Waals surface area contributed by atoms with E-state index in [2.05, 4.69) is 16.8 Å². The van der Waals surface area contributed by atoms with E-state index >= 15 is 0 Å². The van der Waals surface area contributed by atoms with Crippen LogP contribution in [0.3, 0.4) is 0 Å². The number of benzene rings is 1. The van der Waals surface area contributed by atoms with Gasteiger partial charge in [-0.1, -0.05) is 6.07 Å². The Hall–Kier alpha value is -2.34. The van der Waals surface area contributed by atoms with Crippen LogP contribution >= 0.6 is 11.3 Å². The van der Waals surface area contributed by atoms with Gasteiger partial charge in [0.05, 0.1) is 6.04 Å². The Kier molecular flexibility index (Phi) is 3.85. The van der Waals surface area contributed by atoms with Gasteiger partial charge in [-0.3, -0.25) is 4.79 Å². The number of carbonyl (C=O) groups excluding carboxylic acids is 2. The summed E-state index contributed by atoms with van der Waals surface area (Å²) < 4.78 is 0. The SMILES string of the molecule is C[C@H]1c2ccsc2CCN1C(=O)c1cccc(NC(N)=O)c1. The van der Waals surface area contributed by atoms with E-state index in [0.717, 1.165) is 6.42 Å². The summed E-state index contributed by atoms with van der Waals surface area (Å²) in [5.41, 5.74) is 7.42. The fraction of sp³-hybridized carbons (Fsp3) is 0.250. The number of rotatable bonds is 2. The third-order valence-electron chi connectivity index (χ3n) is 3.92. The van der Waals surface area contributed by atoms with Gasteiger partial charge in [-0.2, -0.15) is 0 Å².